The van der Waals surface area contributed by atoms with Gasteiger partial charge in [-0.3, -0.25) is 4.90 Å². The van der Waals surface area contributed by atoms with Gasteiger partial charge in [0.15, 0.2) is 0 Å². The molecule has 0 bridgehead atoms. The molecule has 1 aromatic heterocycles. The molecule has 0 aliphatic carbocycles. The topological polar surface area (TPSA) is 51.4 Å². The lowest BCUT2D eigenvalue weighted by Gasteiger charge is -2.47. The number of hydrogen-bond donors (Lipinski definition) is 1. The molecule has 0 amide bonds. The summed E-state index contributed by atoms with van der Waals surface area (Å²) in [6.07, 6.45) is 1.73. The maximum atomic E-state index is 6.07. The normalized spacial score (nSPS) is 22.9. The van der Waals surface area contributed by atoms with Gasteiger partial charge in [0.25, 0.3) is 0 Å². The summed E-state index contributed by atoms with van der Waals surface area (Å²) in [4.78, 5) is 6.52. The number of aromatic nitrogens is 1. The van der Waals surface area contributed by atoms with E-state index in [2.05, 4.69) is 37.6 Å². The Hall–Kier alpha value is -1.13. The first-order chi connectivity index (χ1) is 8.27. The van der Waals surface area contributed by atoms with E-state index in [0.29, 0.717) is 5.82 Å². The average molecular weight is 249 g/mol. The van der Waals surface area contributed by atoms with E-state index in [1.54, 1.807) is 6.20 Å². The molecular formula is C14H23N3O. The molecule has 0 spiro atoms. The zero-order valence-electron chi connectivity index (χ0n) is 11.7. The summed E-state index contributed by atoms with van der Waals surface area (Å²) < 4.78 is 6.07. The van der Waals surface area contributed by atoms with Crippen LogP contribution in [0.1, 0.15) is 33.3 Å². The Balaban J connectivity index is 2.12. The summed E-state index contributed by atoms with van der Waals surface area (Å²) in [7, 11) is 0. The second kappa shape index (κ2) is 4.52. The molecular weight excluding hydrogens is 226 g/mol. The maximum absolute atomic E-state index is 6.07. The SMILES string of the molecule is CC1(C)CN(Cc2cccnc2N)CC(C)(C)O1. The highest BCUT2D eigenvalue weighted by Gasteiger charge is 2.38. The lowest BCUT2D eigenvalue weighted by atomic mass is 9.98. The van der Waals surface area contributed by atoms with Gasteiger partial charge in [0.1, 0.15) is 5.82 Å². The summed E-state index contributed by atoms with van der Waals surface area (Å²) in [5.74, 6) is 0.625. The third-order valence-corrected chi connectivity index (χ3v) is 3.08. The molecule has 18 heavy (non-hydrogen) atoms. The van der Waals surface area contributed by atoms with Gasteiger partial charge in [-0.25, -0.2) is 4.98 Å². The molecule has 2 heterocycles. The fraction of sp³-hybridized carbons (Fsp3) is 0.643. The highest BCUT2D eigenvalue weighted by atomic mass is 16.5. The van der Waals surface area contributed by atoms with Crippen LogP contribution < -0.4 is 5.73 Å². The monoisotopic (exact) mass is 249 g/mol. The van der Waals surface area contributed by atoms with Gasteiger partial charge in [0, 0.05) is 31.4 Å². The number of anilines is 1. The van der Waals surface area contributed by atoms with Crippen LogP contribution in [0.3, 0.4) is 0 Å². The van der Waals surface area contributed by atoms with Crippen molar-refractivity contribution >= 4 is 5.82 Å². The minimum absolute atomic E-state index is 0.126. The largest absolute Gasteiger partial charge is 0.383 e. The van der Waals surface area contributed by atoms with Crippen LogP contribution in [0.2, 0.25) is 0 Å². The minimum Gasteiger partial charge on any atom is -0.383 e. The number of pyridine rings is 1. The van der Waals surface area contributed by atoms with E-state index < -0.39 is 0 Å². The quantitative estimate of drug-likeness (QED) is 0.871. The fourth-order valence-electron chi connectivity index (χ4n) is 2.88. The van der Waals surface area contributed by atoms with Crippen LogP contribution in [0.15, 0.2) is 18.3 Å². The van der Waals surface area contributed by atoms with Gasteiger partial charge < -0.3 is 10.5 Å². The Morgan fingerprint density at radius 3 is 2.44 bits per heavy atom. The maximum Gasteiger partial charge on any atom is 0.127 e. The smallest absolute Gasteiger partial charge is 0.127 e. The average Bonchev–Trinajstić information content (AvgIpc) is 2.16. The van der Waals surface area contributed by atoms with Crippen LogP contribution in [-0.2, 0) is 11.3 Å². The molecule has 1 aliphatic heterocycles. The van der Waals surface area contributed by atoms with Crippen LogP contribution >= 0.6 is 0 Å². The van der Waals surface area contributed by atoms with E-state index in [4.69, 9.17) is 10.5 Å². The lowest BCUT2D eigenvalue weighted by molar-refractivity contribution is -0.182. The third-order valence-electron chi connectivity index (χ3n) is 3.08. The Bertz CT molecular complexity index is 413. The van der Waals surface area contributed by atoms with Crippen LogP contribution in [0.5, 0.6) is 0 Å². The van der Waals surface area contributed by atoms with Crippen molar-refractivity contribution < 1.29 is 4.74 Å². The molecule has 1 aliphatic rings. The summed E-state index contributed by atoms with van der Waals surface area (Å²) in [6.45, 7) is 11.2. The van der Waals surface area contributed by atoms with Crippen LogP contribution in [0.25, 0.3) is 0 Å². The lowest BCUT2D eigenvalue weighted by Crippen LogP contribution is -2.56. The number of nitrogens with two attached hydrogens (primary N) is 1. The van der Waals surface area contributed by atoms with Crippen LogP contribution in [-0.4, -0.2) is 34.2 Å². The van der Waals surface area contributed by atoms with E-state index in [1.165, 1.54) is 0 Å². The van der Waals surface area contributed by atoms with E-state index in [9.17, 15) is 0 Å². The molecule has 1 saturated heterocycles. The summed E-state index contributed by atoms with van der Waals surface area (Å²) in [6, 6.07) is 3.97. The fourth-order valence-corrected chi connectivity index (χ4v) is 2.88. The van der Waals surface area contributed by atoms with Crippen molar-refractivity contribution in [3.63, 3.8) is 0 Å². The van der Waals surface area contributed by atoms with Gasteiger partial charge in [-0.05, 0) is 33.8 Å². The molecule has 100 valence electrons. The van der Waals surface area contributed by atoms with E-state index >= 15 is 0 Å². The molecule has 2 N–H and O–H groups in total. The standard InChI is InChI=1S/C14H23N3O/c1-13(2)9-17(10-14(3,4)18-13)8-11-6-5-7-16-12(11)15/h5-7H,8-10H2,1-4H3,(H2,15,16). The Kier molecular flexibility index (Phi) is 3.34. The number of nitrogens with zero attached hydrogens (tertiary/aromatic N) is 2. The first kappa shape index (κ1) is 13.3. The molecule has 2 rings (SSSR count). The molecule has 4 heteroatoms. The minimum atomic E-state index is -0.126. The van der Waals surface area contributed by atoms with Crippen molar-refractivity contribution in [2.45, 2.75) is 45.4 Å². The van der Waals surface area contributed by atoms with Crippen molar-refractivity contribution in [3.8, 4) is 0 Å². The Morgan fingerprint density at radius 1 is 1.28 bits per heavy atom. The summed E-state index contributed by atoms with van der Waals surface area (Å²) in [5, 5.41) is 0. The van der Waals surface area contributed by atoms with Gasteiger partial charge in [-0.1, -0.05) is 6.07 Å². The third kappa shape index (κ3) is 3.21. The summed E-state index contributed by atoms with van der Waals surface area (Å²) >= 11 is 0. The zero-order valence-corrected chi connectivity index (χ0v) is 11.7. The van der Waals surface area contributed by atoms with Gasteiger partial charge in [0.2, 0.25) is 0 Å². The molecule has 0 unspecified atom stereocenters. The van der Waals surface area contributed by atoms with E-state index in [-0.39, 0.29) is 11.2 Å². The van der Waals surface area contributed by atoms with Crippen molar-refractivity contribution in [1.82, 2.24) is 9.88 Å². The second-order valence-corrected chi connectivity index (χ2v) is 6.31. The van der Waals surface area contributed by atoms with Gasteiger partial charge in [-0.2, -0.15) is 0 Å². The molecule has 4 nitrogen and oxygen atoms in total. The highest BCUT2D eigenvalue weighted by molar-refractivity contribution is 5.38. The number of hydrogen-bond acceptors (Lipinski definition) is 4. The predicted molar refractivity (Wildman–Crippen MR) is 73.2 cm³/mol. The van der Waals surface area contributed by atoms with Crippen LogP contribution in [0.4, 0.5) is 5.82 Å². The molecule has 0 radical (unpaired) electrons. The van der Waals surface area contributed by atoms with Crippen molar-refractivity contribution in [2.24, 2.45) is 0 Å². The molecule has 0 saturated carbocycles. The molecule has 1 aromatic rings. The predicted octanol–water partition coefficient (Wildman–Crippen LogP) is 2.05. The van der Waals surface area contributed by atoms with Gasteiger partial charge in [-0.15, -0.1) is 0 Å². The molecule has 0 aromatic carbocycles. The van der Waals surface area contributed by atoms with Gasteiger partial charge >= 0.3 is 0 Å². The number of morpholine rings is 1. The second-order valence-electron chi connectivity index (χ2n) is 6.31. The van der Waals surface area contributed by atoms with Crippen molar-refractivity contribution in [3.05, 3.63) is 23.9 Å². The van der Waals surface area contributed by atoms with Crippen molar-refractivity contribution in [2.75, 3.05) is 18.8 Å². The van der Waals surface area contributed by atoms with Gasteiger partial charge in [0.05, 0.1) is 11.2 Å². The highest BCUT2D eigenvalue weighted by Crippen LogP contribution is 2.29. The summed E-state index contributed by atoms with van der Waals surface area (Å²) in [5.41, 5.74) is 6.74. The first-order valence-electron chi connectivity index (χ1n) is 6.39. The number of nitrogen functional groups attached to an aromatic ring is 1. The Morgan fingerprint density at radius 2 is 1.89 bits per heavy atom. The number of rotatable bonds is 2. The van der Waals surface area contributed by atoms with E-state index in [1.807, 2.05) is 12.1 Å². The zero-order chi connectivity index (χ0) is 13.4. The molecule has 1 fully saturated rings. The first-order valence-corrected chi connectivity index (χ1v) is 6.39. The number of ether oxygens (including phenoxy) is 1. The van der Waals surface area contributed by atoms with E-state index in [0.717, 1.165) is 25.2 Å². The Labute approximate surface area is 109 Å². The van der Waals surface area contributed by atoms with Crippen molar-refractivity contribution in [1.29, 1.82) is 0 Å². The van der Waals surface area contributed by atoms with Crippen LogP contribution in [0, 0.1) is 0 Å². The molecule has 0 atom stereocenters.